The van der Waals surface area contributed by atoms with E-state index in [0.29, 0.717) is 44.1 Å². The SMILES string of the molecule is CCCN(Cc1nnc(-c2ccco2)o1)C(=O)C1CCN(S(=O)(=O)/C=C/c2ccccc2)CC1. The predicted octanol–water partition coefficient (Wildman–Crippen LogP) is 3.78. The molecule has 10 heteroatoms. The van der Waals surface area contributed by atoms with Crippen LogP contribution in [0.2, 0.25) is 0 Å². The van der Waals surface area contributed by atoms with Crippen molar-refractivity contribution in [2.24, 2.45) is 5.92 Å². The van der Waals surface area contributed by atoms with Crippen molar-refractivity contribution >= 4 is 22.0 Å². The van der Waals surface area contributed by atoms with Crippen LogP contribution >= 0.6 is 0 Å². The van der Waals surface area contributed by atoms with Crippen molar-refractivity contribution in [2.75, 3.05) is 19.6 Å². The summed E-state index contributed by atoms with van der Waals surface area (Å²) in [6, 6.07) is 12.8. The Hall–Kier alpha value is -3.24. The van der Waals surface area contributed by atoms with Gasteiger partial charge in [-0.15, -0.1) is 10.2 Å². The fourth-order valence-electron chi connectivity index (χ4n) is 3.95. The van der Waals surface area contributed by atoms with Gasteiger partial charge in [-0.1, -0.05) is 37.3 Å². The molecule has 3 heterocycles. The van der Waals surface area contributed by atoms with Gasteiger partial charge in [0.2, 0.25) is 21.8 Å². The molecular formula is C24H28N4O5S. The molecule has 0 radical (unpaired) electrons. The van der Waals surface area contributed by atoms with E-state index in [1.54, 1.807) is 23.1 Å². The second-order valence-corrected chi connectivity index (χ2v) is 9.99. The lowest BCUT2D eigenvalue weighted by Crippen LogP contribution is -2.44. The molecule has 4 rings (SSSR count). The number of nitrogens with zero attached hydrogens (tertiary/aromatic N) is 4. The first kappa shape index (κ1) is 23.9. The van der Waals surface area contributed by atoms with E-state index >= 15 is 0 Å². The van der Waals surface area contributed by atoms with Crippen LogP contribution in [-0.4, -0.2) is 53.4 Å². The Labute approximate surface area is 199 Å². The molecule has 2 aromatic heterocycles. The van der Waals surface area contributed by atoms with Crippen molar-refractivity contribution in [3.8, 4) is 11.7 Å². The molecule has 0 saturated carbocycles. The van der Waals surface area contributed by atoms with Crippen LogP contribution in [0.25, 0.3) is 17.7 Å². The Morgan fingerprint density at radius 3 is 2.59 bits per heavy atom. The summed E-state index contributed by atoms with van der Waals surface area (Å²) in [7, 11) is -3.54. The number of rotatable bonds is 9. The van der Waals surface area contributed by atoms with Crippen LogP contribution in [-0.2, 0) is 21.4 Å². The minimum Gasteiger partial charge on any atom is -0.459 e. The average molecular weight is 485 g/mol. The van der Waals surface area contributed by atoms with Gasteiger partial charge in [0, 0.05) is 31.0 Å². The summed E-state index contributed by atoms with van der Waals surface area (Å²) in [4.78, 5) is 14.9. The zero-order valence-electron chi connectivity index (χ0n) is 19.0. The molecule has 0 aliphatic carbocycles. The molecule has 0 bridgehead atoms. The van der Waals surface area contributed by atoms with E-state index in [2.05, 4.69) is 10.2 Å². The highest BCUT2D eigenvalue weighted by atomic mass is 32.2. The number of furan rings is 1. The zero-order chi connectivity index (χ0) is 24.0. The van der Waals surface area contributed by atoms with Crippen LogP contribution in [0.1, 0.15) is 37.6 Å². The highest BCUT2D eigenvalue weighted by molar-refractivity contribution is 7.92. The third-order valence-corrected chi connectivity index (χ3v) is 7.29. The van der Waals surface area contributed by atoms with E-state index in [9.17, 15) is 13.2 Å². The normalized spacial score (nSPS) is 15.7. The monoisotopic (exact) mass is 484 g/mol. The van der Waals surface area contributed by atoms with E-state index < -0.39 is 10.0 Å². The van der Waals surface area contributed by atoms with Gasteiger partial charge in [0.1, 0.15) is 0 Å². The zero-order valence-corrected chi connectivity index (χ0v) is 19.9. The predicted molar refractivity (Wildman–Crippen MR) is 126 cm³/mol. The smallest absolute Gasteiger partial charge is 0.283 e. The van der Waals surface area contributed by atoms with Crippen LogP contribution in [0.3, 0.4) is 0 Å². The summed E-state index contributed by atoms with van der Waals surface area (Å²) in [5.74, 6) is 0.812. The minimum absolute atomic E-state index is 0.0172. The largest absolute Gasteiger partial charge is 0.459 e. The number of hydrogen-bond donors (Lipinski definition) is 0. The number of sulfonamides is 1. The summed E-state index contributed by atoms with van der Waals surface area (Å²) in [5, 5.41) is 9.27. The maximum absolute atomic E-state index is 13.2. The van der Waals surface area contributed by atoms with E-state index in [-0.39, 0.29) is 24.3 Å². The van der Waals surface area contributed by atoms with Crippen molar-refractivity contribution in [1.29, 1.82) is 0 Å². The molecule has 9 nitrogen and oxygen atoms in total. The second-order valence-electron chi connectivity index (χ2n) is 8.17. The summed E-state index contributed by atoms with van der Waals surface area (Å²) < 4.78 is 37.8. The first-order chi connectivity index (χ1) is 16.5. The third-order valence-electron chi connectivity index (χ3n) is 5.73. The van der Waals surface area contributed by atoms with Crippen molar-refractivity contribution in [3.05, 3.63) is 65.6 Å². The number of piperidine rings is 1. The van der Waals surface area contributed by atoms with Gasteiger partial charge in [-0.3, -0.25) is 4.79 Å². The maximum atomic E-state index is 13.2. The molecule has 1 fully saturated rings. The fourth-order valence-corrected chi connectivity index (χ4v) is 5.17. The molecule has 180 valence electrons. The van der Waals surface area contributed by atoms with Crippen LogP contribution in [0.15, 0.2) is 63.0 Å². The molecule has 3 aromatic rings. The number of carbonyl (C=O) groups excluding carboxylic acids is 1. The fraction of sp³-hybridized carbons (Fsp3) is 0.375. The number of benzene rings is 1. The van der Waals surface area contributed by atoms with Gasteiger partial charge >= 0.3 is 0 Å². The van der Waals surface area contributed by atoms with E-state index in [0.717, 1.165) is 12.0 Å². The van der Waals surface area contributed by atoms with E-state index in [1.807, 2.05) is 37.3 Å². The quantitative estimate of drug-likeness (QED) is 0.454. The third kappa shape index (κ3) is 5.81. The number of hydrogen-bond acceptors (Lipinski definition) is 7. The highest BCUT2D eigenvalue weighted by Crippen LogP contribution is 2.24. The Balaban J connectivity index is 1.35. The maximum Gasteiger partial charge on any atom is 0.283 e. The Morgan fingerprint density at radius 1 is 1.15 bits per heavy atom. The summed E-state index contributed by atoms with van der Waals surface area (Å²) in [6.45, 7) is 3.37. The van der Waals surface area contributed by atoms with Gasteiger partial charge in [-0.25, -0.2) is 8.42 Å². The number of aromatic nitrogens is 2. The van der Waals surface area contributed by atoms with Gasteiger partial charge in [0.05, 0.1) is 12.8 Å². The summed E-state index contributed by atoms with van der Waals surface area (Å²) in [6.07, 6.45) is 4.84. The van der Waals surface area contributed by atoms with Gasteiger partial charge in [-0.05, 0) is 43.0 Å². The van der Waals surface area contributed by atoms with Crippen molar-refractivity contribution in [1.82, 2.24) is 19.4 Å². The Morgan fingerprint density at radius 2 is 1.91 bits per heavy atom. The van der Waals surface area contributed by atoms with E-state index in [1.165, 1.54) is 16.0 Å². The van der Waals surface area contributed by atoms with Crippen LogP contribution in [0.5, 0.6) is 0 Å². The average Bonchev–Trinajstić information content (AvgIpc) is 3.55. The standard InChI is InChI=1S/C24H28N4O5S/c1-2-13-27(18-22-25-26-23(33-22)21-9-6-16-32-21)24(29)20-10-14-28(15-11-20)34(30,31)17-12-19-7-4-3-5-8-19/h3-9,12,16-17,20H,2,10-11,13-15,18H2,1H3/b17-12+. The summed E-state index contributed by atoms with van der Waals surface area (Å²) >= 11 is 0. The lowest BCUT2D eigenvalue weighted by molar-refractivity contribution is -0.137. The molecule has 34 heavy (non-hydrogen) atoms. The van der Waals surface area contributed by atoms with Gasteiger partial charge < -0.3 is 13.7 Å². The highest BCUT2D eigenvalue weighted by Gasteiger charge is 2.32. The number of amides is 1. The van der Waals surface area contributed by atoms with Gasteiger partial charge in [0.15, 0.2) is 5.76 Å². The Kier molecular flexibility index (Phi) is 7.59. The topological polar surface area (TPSA) is 110 Å². The molecule has 0 spiro atoms. The van der Waals surface area contributed by atoms with Crippen molar-refractivity contribution in [3.63, 3.8) is 0 Å². The number of carbonyl (C=O) groups is 1. The first-order valence-electron chi connectivity index (χ1n) is 11.3. The van der Waals surface area contributed by atoms with Gasteiger partial charge in [-0.2, -0.15) is 4.31 Å². The first-order valence-corrected chi connectivity index (χ1v) is 12.8. The van der Waals surface area contributed by atoms with Crippen LogP contribution in [0, 0.1) is 5.92 Å². The lowest BCUT2D eigenvalue weighted by atomic mass is 9.96. The molecule has 1 aliphatic heterocycles. The molecule has 1 saturated heterocycles. The minimum atomic E-state index is -3.54. The second kappa shape index (κ2) is 10.8. The van der Waals surface area contributed by atoms with Gasteiger partial charge in [0.25, 0.3) is 5.89 Å². The molecule has 0 atom stereocenters. The van der Waals surface area contributed by atoms with Crippen molar-refractivity contribution in [2.45, 2.75) is 32.7 Å². The molecular weight excluding hydrogens is 456 g/mol. The van der Waals surface area contributed by atoms with Crippen LogP contribution in [0.4, 0.5) is 0 Å². The molecule has 1 aliphatic rings. The molecule has 1 aromatic carbocycles. The summed E-state index contributed by atoms with van der Waals surface area (Å²) in [5.41, 5.74) is 0.822. The lowest BCUT2D eigenvalue weighted by Gasteiger charge is -2.32. The van der Waals surface area contributed by atoms with Crippen molar-refractivity contribution < 1.29 is 22.0 Å². The molecule has 0 N–H and O–H groups in total. The Bertz CT molecular complexity index is 1200. The van der Waals surface area contributed by atoms with Crippen LogP contribution < -0.4 is 0 Å². The molecule has 0 unspecified atom stereocenters. The molecule has 1 amide bonds. The van der Waals surface area contributed by atoms with E-state index in [4.69, 9.17) is 8.83 Å².